The van der Waals surface area contributed by atoms with E-state index in [0.29, 0.717) is 37.7 Å². The van der Waals surface area contributed by atoms with Crippen LogP contribution in [0, 0.1) is 5.82 Å². The molecule has 1 saturated carbocycles. The van der Waals surface area contributed by atoms with Gasteiger partial charge in [-0.2, -0.15) is 5.10 Å². The van der Waals surface area contributed by atoms with Crippen LogP contribution in [0.5, 0.6) is 0 Å². The Morgan fingerprint density at radius 3 is 2.30 bits per heavy atom. The fourth-order valence-electron chi connectivity index (χ4n) is 3.45. The first-order chi connectivity index (χ1) is 13.0. The second kappa shape index (κ2) is 7.13. The van der Waals surface area contributed by atoms with E-state index in [2.05, 4.69) is 5.10 Å². The smallest absolute Gasteiger partial charge is 0.253 e. The fourth-order valence-corrected chi connectivity index (χ4v) is 3.45. The number of rotatable bonds is 4. The molecule has 1 atom stereocenters. The molecule has 2 amide bonds. The molecule has 0 radical (unpaired) electrons. The van der Waals surface area contributed by atoms with Gasteiger partial charge in [0.05, 0.1) is 5.69 Å². The predicted molar refractivity (Wildman–Crippen MR) is 97.8 cm³/mol. The average Bonchev–Trinajstić information content (AvgIpc) is 3.44. The highest BCUT2D eigenvalue weighted by Crippen LogP contribution is 2.39. The molecule has 0 bridgehead atoms. The number of nitrogens with zero attached hydrogens (tertiary/aromatic N) is 4. The van der Waals surface area contributed by atoms with Crippen LogP contribution in [0.4, 0.5) is 4.39 Å². The van der Waals surface area contributed by atoms with Crippen molar-refractivity contribution < 1.29 is 14.0 Å². The van der Waals surface area contributed by atoms with Gasteiger partial charge in [-0.25, -0.2) is 4.39 Å². The van der Waals surface area contributed by atoms with Crippen molar-refractivity contribution in [2.75, 3.05) is 26.2 Å². The Morgan fingerprint density at radius 2 is 1.67 bits per heavy atom. The van der Waals surface area contributed by atoms with Crippen molar-refractivity contribution in [1.82, 2.24) is 19.6 Å². The zero-order valence-corrected chi connectivity index (χ0v) is 15.3. The first-order valence-electron chi connectivity index (χ1n) is 9.41. The lowest BCUT2D eigenvalue weighted by Gasteiger charge is -2.36. The predicted octanol–water partition coefficient (Wildman–Crippen LogP) is 2.45. The summed E-state index contributed by atoms with van der Waals surface area (Å²) >= 11 is 0. The highest BCUT2D eigenvalue weighted by atomic mass is 19.1. The van der Waals surface area contributed by atoms with Crippen LogP contribution in [0.25, 0.3) is 0 Å². The Hall–Kier alpha value is -2.70. The van der Waals surface area contributed by atoms with Gasteiger partial charge >= 0.3 is 0 Å². The molecule has 1 aliphatic carbocycles. The quantitative estimate of drug-likeness (QED) is 0.831. The monoisotopic (exact) mass is 370 g/mol. The minimum Gasteiger partial charge on any atom is -0.337 e. The molecular weight excluding hydrogens is 347 g/mol. The number of carbonyl (C=O) groups excluding carboxylic acids is 2. The van der Waals surface area contributed by atoms with E-state index in [9.17, 15) is 14.0 Å². The zero-order valence-electron chi connectivity index (χ0n) is 15.3. The first-order valence-corrected chi connectivity index (χ1v) is 9.41. The molecule has 1 aromatic carbocycles. The number of amides is 2. The third-order valence-corrected chi connectivity index (χ3v) is 5.35. The van der Waals surface area contributed by atoms with Gasteiger partial charge in [-0.1, -0.05) is 0 Å². The van der Waals surface area contributed by atoms with Crippen LogP contribution in [0.1, 0.15) is 47.8 Å². The maximum atomic E-state index is 13.0. The van der Waals surface area contributed by atoms with Crippen molar-refractivity contribution in [1.29, 1.82) is 0 Å². The van der Waals surface area contributed by atoms with Gasteiger partial charge in [-0.15, -0.1) is 0 Å². The second-order valence-electron chi connectivity index (χ2n) is 7.30. The molecule has 142 valence electrons. The Kier molecular flexibility index (Phi) is 4.68. The summed E-state index contributed by atoms with van der Waals surface area (Å²) in [6, 6.07) is 7.21. The van der Waals surface area contributed by atoms with E-state index in [1.807, 2.05) is 19.2 Å². The van der Waals surface area contributed by atoms with Gasteiger partial charge in [-0.3, -0.25) is 14.3 Å². The van der Waals surface area contributed by atoms with Gasteiger partial charge in [0.2, 0.25) is 5.91 Å². The molecule has 2 aliphatic rings. The summed E-state index contributed by atoms with van der Waals surface area (Å²) in [5.74, 6) is 0.0969. The number of halogens is 1. The summed E-state index contributed by atoms with van der Waals surface area (Å²) in [7, 11) is 0. The van der Waals surface area contributed by atoms with Gasteiger partial charge in [0.25, 0.3) is 5.91 Å². The third kappa shape index (κ3) is 3.72. The molecular formula is C20H23FN4O2. The number of aromatic nitrogens is 2. The molecule has 1 saturated heterocycles. The minimum absolute atomic E-state index is 0.0225. The summed E-state index contributed by atoms with van der Waals surface area (Å²) in [4.78, 5) is 28.8. The highest BCUT2D eigenvalue weighted by Gasteiger charge is 2.30. The summed E-state index contributed by atoms with van der Waals surface area (Å²) in [6.45, 7) is 3.80. The molecule has 6 nitrogen and oxygen atoms in total. The van der Waals surface area contributed by atoms with E-state index in [-0.39, 0.29) is 23.7 Å². The van der Waals surface area contributed by atoms with Crippen molar-refractivity contribution >= 4 is 11.8 Å². The molecule has 1 aromatic heterocycles. The number of carbonyl (C=O) groups is 2. The number of hydrogen-bond acceptors (Lipinski definition) is 3. The normalized spacial score (nSPS) is 18.4. The molecule has 4 rings (SSSR count). The topological polar surface area (TPSA) is 58.4 Å². The summed E-state index contributed by atoms with van der Waals surface area (Å²) in [6.07, 6.45) is 4.25. The Labute approximate surface area is 157 Å². The van der Waals surface area contributed by atoms with Gasteiger partial charge in [0.15, 0.2) is 0 Å². The van der Waals surface area contributed by atoms with Crippen molar-refractivity contribution in [3.05, 3.63) is 53.6 Å². The van der Waals surface area contributed by atoms with Crippen LogP contribution >= 0.6 is 0 Å². The minimum atomic E-state index is -0.362. The van der Waals surface area contributed by atoms with Crippen LogP contribution in [-0.4, -0.2) is 57.6 Å². The van der Waals surface area contributed by atoms with Gasteiger partial charge in [0.1, 0.15) is 11.9 Å². The van der Waals surface area contributed by atoms with Crippen LogP contribution in [0.3, 0.4) is 0 Å². The standard InChI is InChI=1S/C20H23FN4O2/c1-14(25-9-8-18(22-25)15-2-3-15)19(26)23-10-12-24(13-11-23)20(27)16-4-6-17(21)7-5-16/h4-9,14-15H,2-3,10-13H2,1H3. The summed E-state index contributed by atoms with van der Waals surface area (Å²) < 4.78 is 14.8. The van der Waals surface area contributed by atoms with E-state index in [4.69, 9.17) is 0 Å². The molecule has 2 aromatic rings. The number of hydrogen-bond donors (Lipinski definition) is 0. The maximum Gasteiger partial charge on any atom is 0.253 e. The van der Waals surface area contributed by atoms with Crippen molar-refractivity contribution in [3.63, 3.8) is 0 Å². The molecule has 0 N–H and O–H groups in total. The molecule has 7 heteroatoms. The van der Waals surface area contributed by atoms with E-state index in [1.165, 1.54) is 37.1 Å². The zero-order chi connectivity index (χ0) is 19.0. The molecule has 2 fully saturated rings. The van der Waals surface area contributed by atoms with E-state index in [1.54, 1.807) is 14.5 Å². The SMILES string of the molecule is CC(C(=O)N1CCN(C(=O)c2ccc(F)cc2)CC1)n1ccc(C2CC2)n1. The fraction of sp³-hybridized carbons (Fsp3) is 0.450. The van der Waals surface area contributed by atoms with Crippen LogP contribution in [0.2, 0.25) is 0 Å². The summed E-state index contributed by atoms with van der Waals surface area (Å²) in [5, 5.41) is 4.55. The number of piperazine rings is 1. The molecule has 0 spiro atoms. The molecule has 27 heavy (non-hydrogen) atoms. The highest BCUT2D eigenvalue weighted by molar-refractivity contribution is 5.94. The first kappa shape index (κ1) is 17.7. The third-order valence-electron chi connectivity index (χ3n) is 5.35. The van der Waals surface area contributed by atoms with E-state index < -0.39 is 0 Å². The lowest BCUT2D eigenvalue weighted by Crippen LogP contribution is -2.52. The Morgan fingerprint density at radius 1 is 1.04 bits per heavy atom. The molecule has 1 unspecified atom stereocenters. The lowest BCUT2D eigenvalue weighted by molar-refractivity contribution is -0.136. The molecule has 1 aliphatic heterocycles. The lowest BCUT2D eigenvalue weighted by atomic mass is 10.1. The van der Waals surface area contributed by atoms with Crippen molar-refractivity contribution in [3.8, 4) is 0 Å². The Bertz CT molecular complexity index is 836. The van der Waals surface area contributed by atoms with Crippen molar-refractivity contribution in [2.24, 2.45) is 0 Å². The number of benzene rings is 1. The second-order valence-corrected chi connectivity index (χ2v) is 7.30. The van der Waals surface area contributed by atoms with Crippen LogP contribution < -0.4 is 0 Å². The van der Waals surface area contributed by atoms with Gasteiger partial charge in [-0.05, 0) is 50.1 Å². The van der Waals surface area contributed by atoms with Gasteiger partial charge in [0, 0.05) is 43.9 Å². The van der Waals surface area contributed by atoms with E-state index >= 15 is 0 Å². The Balaban J connectivity index is 1.34. The molecule has 2 heterocycles. The van der Waals surface area contributed by atoms with Crippen LogP contribution in [0.15, 0.2) is 36.5 Å². The summed E-state index contributed by atoms with van der Waals surface area (Å²) in [5.41, 5.74) is 1.54. The van der Waals surface area contributed by atoms with Gasteiger partial charge < -0.3 is 9.80 Å². The van der Waals surface area contributed by atoms with Crippen molar-refractivity contribution in [2.45, 2.75) is 31.7 Å². The maximum absolute atomic E-state index is 13.0. The largest absolute Gasteiger partial charge is 0.337 e. The average molecular weight is 370 g/mol. The van der Waals surface area contributed by atoms with Crippen LogP contribution in [-0.2, 0) is 4.79 Å². The van der Waals surface area contributed by atoms with E-state index in [0.717, 1.165) is 5.69 Å².